The third kappa shape index (κ3) is 2.78. The average molecular weight is 209 g/mol. The summed E-state index contributed by atoms with van der Waals surface area (Å²) >= 11 is 0. The molecule has 0 fully saturated rings. The molecular formula is C11H17N2O2+. The van der Waals surface area contributed by atoms with Crippen LogP contribution in [0.1, 0.15) is 11.6 Å². The number of rotatable bonds is 3. The first-order valence-electron chi connectivity index (χ1n) is 4.73. The minimum absolute atomic E-state index is 0.625. The molecule has 0 heterocycles. The van der Waals surface area contributed by atoms with Crippen LogP contribution in [0.3, 0.4) is 0 Å². The number of carbonyl (C=O) groups is 1. The van der Waals surface area contributed by atoms with Crippen LogP contribution in [0.25, 0.3) is 0 Å². The summed E-state index contributed by atoms with van der Waals surface area (Å²) in [7, 11) is 6.14. The van der Waals surface area contributed by atoms with Crippen LogP contribution in [-0.2, 0) is 4.79 Å². The van der Waals surface area contributed by atoms with Gasteiger partial charge in [-0.1, -0.05) is 12.1 Å². The zero-order valence-electron chi connectivity index (χ0n) is 9.27. The number of hydrogen-bond donors (Lipinski definition) is 2. The van der Waals surface area contributed by atoms with E-state index in [1.165, 1.54) is 0 Å². The van der Waals surface area contributed by atoms with Crippen LogP contribution in [0, 0.1) is 0 Å². The van der Waals surface area contributed by atoms with Gasteiger partial charge in [-0.3, -0.25) is 9.28 Å². The predicted molar refractivity (Wildman–Crippen MR) is 60.6 cm³/mol. The van der Waals surface area contributed by atoms with Crippen LogP contribution < -0.4 is 10.2 Å². The molecule has 0 aliphatic carbocycles. The second-order valence-corrected chi connectivity index (χ2v) is 4.42. The summed E-state index contributed by atoms with van der Waals surface area (Å²) in [6.07, 6.45) is 0. The molecule has 0 saturated heterocycles. The zero-order chi connectivity index (χ0) is 11.6. The van der Waals surface area contributed by atoms with Gasteiger partial charge < -0.3 is 10.8 Å². The van der Waals surface area contributed by atoms with Crippen molar-refractivity contribution < 1.29 is 9.90 Å². The molecular weight excluding hydrogens is 192 g/mol. The lowest BCUT2D eigenvalue weighted by atomic mass is 10.1. The van der Waals surface area contributed by atoms with E-state index in [4.69, 9.17) is 10.8 Å². The van der Waals surface area contributed by atoms with E-state index in [0.717, 1.165) is 5.69 Å². The zero-order valence-corrected chi connectivity index (χ0v) is 9.27. The average Bonchev–Trinajstić information content (AvgIpc) is 2.15. The molecule has 15 heavy (non-hydrogen) atoms. The van der Waals surface area contributed by atoms with E-state index in [2.05, 4.69) is 0 Å². The summed E-state index contributed by atoms with van der Waals surface area (Å²) in [4.78, 5) is 10.7. The van der Waals surface area contributed by atoms with Gasteiger partial charge in [0.25, 0.3) is 0 Å². The molecule has 0 bridgehead atoms. The number of carboxylic acids is 1. The van der Waals surface area contributed by atoms with Crippen molar-refractivity contribution >= 4 is 11.7 Å². The maximum Gasteiger partial charge on any atom is 0.325 e. The molecule has 1 aromatic rings. The fourth-order valence-electron chi connectivity index (χ4n) is 1.27. The van der Waals surface area contributed by atoms with Gasteiger partial charge >= 0.3 is 5.97 Å². The van der Waals surface area contributed by atoms with Crippen LogP contribution in [0.2, 0.25) is 0 Å². The van der Waals surface area contributed by atoms with Gasteiger partial charge in [-0.05, 0) is 17.7 Å². The highest BCUT2D eigenvalue weighted by atomic mass is 16.4. The van der Waals surface area contributed by atoms with Crippen molar-refractivity contribution in [3.05, 3.63) is 29.8 Å². The summed E-state index contributed by atoms with van der Waals surface area (Å²) in [5.74, 6) is -1.01. The van der Waals surface area contributed by atoms with E-state index in [1.807, 2.05) is 33.3 Å². The molecule has 1 rings (SSSR count). The van der Waals surface area contributed by atoms with Crippen LogP contribution >= 0.6 is 0 Å². The second kappa shape index (κ2) is 4.00. The first kappa shape index (κ1) is 11.7. The topological polar surface area (TPSA) is 63.3 Å². The molecule has 1 aromatic carbocycles. The fourth-order valence-corrected chi connectivity index (χ4v) is 1.27. The molecule has 0 radical (unpaired) electrons. The number of hydrogen-bond acceptors (Lipinski definition) is 2. The Morgan fingerprint density at radius 1 is 1.27 bits per heavy atom. The second-order valence-electron chi connectivity index (χ2n) is 4.42. The predicted octanol–water partition coefficient (Wildman–Crippen LogP) is 0.968. The fraction of sp³-hybridized carbons (Fsp3) is 0.364. The van der Waals surface area contributed by atoms with E-state index < -0.39 is 12.0 Å². The van der Waals surface area contributed by atoms with Crippen molar-refractivity contribution in [2.75, 3.05) is 21.1 Å². The van der Waals surface area contributed by atoms with Gasteiger partial charge in [0.05, 0.1) is 21.1 Å². The quantitative estimate of drug-likeness (QED) is 0.729. The third-order valence-corrected chi connectivity index (χ3v) is 2.29. The van der Waals surface area contributed by atoms with Gasteiger partial charge in [0.2, 0.25) is 0 Å². The van der Waals surface area contributed by atoms with Crippen LogP contribution in [0.4, 0.5) is 5.69 Å². The van der Waals surface area contributed by atoms with E-state index in [9.17, 15) is 4.79 Å². The lowest BCUT2D eigenvalue weighted by molar-refractivity contribution is -0.138. The van der Waals surface area contributed by atoms with Crippen molar-refractivity contribution in [1.29, 1.82) is 0 Å². The summed E-state index contributed by atoms with van der Waals surface area (Å²) < 4.78 is 0.697. The van der Waals surface area contributed by atoms with Crippen molar-refractivity contribution in [2.45, 2.75) is 6.04 Å². The number of carboxylic acid groups (broad SMARTS) is 1. The maximum absolute atomic E-state index is 10.7. The Bertz CT molecular complexity index is 352. The van der Waals surface area contributed by atoms with Gasteiger partial charge in [-0.25, -0.2) is 0 Å². The Balaban J connectivity index is 2.95. The normalized spacial score (nSPS) is 13.6. The molecule has 0 amide bonds. The molecule has 4 nitrogen and oxygen atoms in total. The number of quaternary nitrogens is 1. The molecule has 3 N–H and O–H groups in total. The minimum Gasteiger partial charge on any atom is -0.480 e. The Hall–Kier alpha value is -1.39. The molecule has 82 valence electrons. The summed E-state index contributed by atoms with van der Waals surface area (Å²) in [6, 6.07) is 6.39. The van der Waals surface area contributed by atoms with Crippen molar-refractivity contribution in [1.82, 2.24) is 4.48 Å². The lowest BCUT2D eigenvalue weighted by Crippen LogP contribution is -2.34. The van der Waals surface area contributed by atoms with Gasteiger partial charge in [0, 0.05) is 0 Å². The summed E-state index contributed by atoms with van der Waals surface area (Å²) in [6.45, 7) is 0. The Morgan fingerprint density at radius 2 is 1.73 bits per heavy atom. The van der Waals surface area contributed by atoms with Crippen LogP contribution in [0.15, 0.2) is 24.3 Å². The molecule has 4 heteroatoms. The molecule has 0 saturated carbocycles. The maximum atomic E-state index is 10.7. The Kier molecular flexibility index (Phi) is 3.12. The largest absolute Gasteiger partial charge is 0.480 e. The Morgan fingerprint density at radius 3 is 2.07 bits per heavy atom. The van der Waals surface area contributed by atoms with E-state index in [1.54, 1.807) is 12.1 Å². The van der Waals surface area contributed by atoms with Crippen molar-refractivity contribution in [2.24, 2.45) is 5.73 Å². The highest BCUT2D eigenvalue weighted by Crippen LogP contribution is 2.19. The summed E-state index contributed by atoms with van der Waals surface area (Å²) in [5, 5.41) is 8.74. The minimum atomic E-state index is -1.01. The Labute approximate surface area is 89.5 Å². The van der Waals surface area contributed by atoms with Gasteiger partial charge in [-0.2, -0.15) is 0 Å². The SMILES string of the molecule is C[N+](C)(C)c1ccc([C@@H](N)C(=O)O)cc1. The van der Waals surface area contributed by atoms with Gasteiger partial charge in [-0.15, -0.1) is 0 Å². The molecule has 0 aliphatic rings. The standard InChI is InChI=1S/C11H16N2O2/c1-13(2,3)9-6-4-8(5-7-9)10(12)11(14)15/h4-7,10H,12H2,1-3H3/p+1/t10-/m1/s1. The highest BCUT2D eigenvalue weighted by molar-refractivity contribution is 5.75. The van der Waals surface area contributed by atoms with Crippen molar-refractivity contribution in [3.8, 4) is 0 Å². The van der Waals surface area contributed by atoms with E-state index in [-0.39, 0.29) is 0 Å². The number of nitrogens with two attached hydrogens (primary N) is 1. The lowest BCUT2D eigenvalue weighted by Gasteiger charge is -2.23. The first-order chi connectivity index (χ1) is 6.82. The third-order valence-electron chi connectivity index (χ3n) is 2.29. The highest BCUT2D eigenvalue weighted by Gasteiger charge is 2.16. The monoisotopic (exact) mass is 209 g/mol. The molecule has 0 aliphatic heterocycles. The smallest absolute Gasteiger partial charge is 0.325 e. The van der Waals surface area contributed by atoms with Crippen molar-refractivity contribution in [3.63, 3.8) is 0 Å². The number of nitrogens with zero attached hydrogens (tertiary/aromatic N) is 1. The van der Waals surface area contributed by atoms with Gasteiger partial charge in [0.15, 0.2) is 0 Å². The first-order valence-corrected chi connectivity index (χ1v) is 4.73. The molecule has 0 spiro atoms. The number of aliphatic carboxylic acids is 1. The summed E-state index contributed by atoms with van der Waals surface area (Å²) in [5.41, 5.74) is 7.22. The van der Waals surface area contributed by atoms with Crippen LogP contribution in [-0.4, -0.2) is 32.2 Å². The number of benzene rings is 1. The van der Waals surface area contributed by atoms with E-state index in [0.29, 0.717) is 10.0 Å². The van der Waals surface area contributed by atoms with Gasteiger partial charge in [0.1, 0.15) is 11.7 Å². The molecule has 0 unspecified atom stereocenters. The van der Waals surface area contributed by atoms with E-state index >= 15 is 0 Å². The molecule has 1 atom stereocenters. The van der Waals surface area contributed by atoms with Crippen LogP contribution in [0.5, 0.6) is 0 Å². The molecule has 0 aromatic heterocycles.